The molecular weight excluding hydrogens is 272 g/mol. The SMILES string of the molecule is Cc1ccc(Oc2ccnc(CNC(C)C)c2)c(Cl)c1. The Bertz CT molecular complexity index is 584. The van der Waals surface area contributed by atoms with Crippen molar-refractivity contribution in [3.05, 3.63) is 52.8 Å². The molecule has 0 aliphatic carbocycles. The van der Waals surface area contributed by atoms with E-state index in [0.717, 1.165) is 23.6 Å². The molecule has 0 bridgehead atoms. The zero-order valence-corrected chi connectivity index (χ0v) is 12.7. The molecule has 0 atom stereocenters. The normalized spacial score (nSPS) is 10.8. The quantitative estimate of drug-likeness (QED) is 0.890. The smallest absolute Gasteiger partial charge is 0.146 e. The molecule has 1 aromatic heterocycles. The van der Waals surface area contributed by atoms with Crippen molar-refractivity contribution >= 4 is 11.6 Å². The minimum Gasteiger partial charge on any atom is -0.456 e. The summed E-state index contributed by atoms with van der Waals surface area (Å²) in [6.07, 6.45) is 1.74. The molecule has 0 aliphatic rings. The van der Waals surface area contributed by atoms with Crippen molar-refractivity contribution in [2.45, 2.75) is 33.4 Å². The number of aryl methyl sites for hydroxylation is 1. The number of pyridine rings is 1. The van der Waals surface area contributed by atoms with Crippen LogP contribution < -0.4 is 10.1 Å². The van der Waals surface area contributed by atoms with Crippen LogP contribution in [0.15, 0.2) is 36.5 Å². The van der Waals surface area contributed by atoms with E-state index in [0.29, 0.717) is 16.8 Å². The van der Waals surface area contributed by atoms with Gasteiger partial charge in [-0.15, -0.1) is 0 Å². The average Bonchev–Trinajstić information content (AvgIpc) is 2.40. The largest absolute Gasteiger partial charge is 0.456 e. The molecule has 1 heterocycles. The zero-order valence-electron chi connectivity index (χ0n) is 12.0. The topological polar surface area (TPSA) is 34.1 Å². The number of ether oxygens (including phenoxy) is 1. The van der Waals surface area contributed by atoms with Gasteiger partial charge in [0.1, 0.15) is 11.5 Å². The summed E-state index contributed by atoms with van der Waals surface area (Å²) >= 11 is 6.17. The number of nitrogens with zero attached hydrogens (tertiary/aromatic N) is 1. The van der Waals surface area contributed by atoms with Gasteiger partial charge in [0.05, 0.1) is 10.7 Å². The minimum absolute atomic E-state index is 0.424. The van der Waals surface area contributed by atoms with Crippen molar-refractivity contribution in [1.29, 1.82) is 0 Å². The molecule has 0 saturated carbocycles. The first-order valence-electron chi connectivity index (χ1n) is 6.67. The lowest BCUT2D eigenvalue weighted by molar-refractivity contribution is 0.479. The van der Waals surface area contributed by atoms with Crippen LogP contribution in [0, 0.1) is 6.92 Å². The van der Waals surface area contributed by atoms with Gasteiger partial charge < -0.3 is 10.1 Å². The van der Waals surface area contributed by atoms with Crippen molar-refractivity contribution in [2.24, 2.45) is 0 Å². The summed E-state index contributed by atoms with van der Waals surface area (Å²) in [5.74, 6) is 1.40. The number of nitrogens with one attached hydrogen (secondary N) is 1. The Kier molecular flexibility index (Phi) is 4.99. The van der Waals surface area contributed by atoms with Crippen molar-refractivity contribution in [3.63, 3.8) is 0 Å². The maximum Gasteiger partial charge on any atom is 0.146 e. The van der Waals surface area contributed by atoms with Gasteiger partial charge in [-0.25, -0.2) is 0 Å². The van der Waals surface area contributed by atoms with Crippen LogP contribution in [0.1, 0.15) is 25.1 Å². The van der Waals surface area contributed by atoms with Gasteiger partial charge in [0.15, 0.2) is 0 Å². The average molecular weight is 291 g/mol. The van der Waals surface area contributed by atoms with Crippen molar-refractivity contribution in [1.82, 2.24) is 10.3 Å². The molecule has 0 radical (unpaired) electrons. The van der Waals surface area contributed by atoms with E-state index in [1.54, 1.807) is 6.20 Å². The van der Waals surface area contributed by atoms with Gasteiger partial charge in [0, 0.05) is 24.8 Å². The van der Waals surface area contributed by atoms with Gasteiger partial charge in [-0.1, -0.05) is 31.5 Å². The molecule has 3 nitrogen and oxygen atoms in total. The third kappa shape index (κ3) is 4.22. The molecule has 4 heteroatoms. The first-order chi connectivity index (χ1) is 9.54. The van der Waals surface area contributed by atoms with Gasteiger partial charge in [0.25, 0.3) is 0 Å². The van der Waals surface area contributed by atoms with Gasteiger partial charge >= 0.3 is 0 Å². The van der Waals surface area contributed by atoms with E-state index in [2.05, 4.69) is 24.1 Å². The number of aromatic nitrogens is 1. The Morgan fingerprint density at radius 1 is 1.25 bits per heavy atom. The highest BCUT2D eigenvalue weighted by Gasteiger charge is 2.05. The molecule has 0 amide bonds. The van der Waals surface area contributed by atoms with E-state index in [4.69, 9.17) is 16.3 Å². The lowest BCUT2D eigenvalue weighted by atomic mass is 10.2. The summed E-state index contributed by atoms with van der Waals surface area (Å²) in [6, 6.07) is 9.92. The van der Waals surface area contributed by atoms with Gasteiger partial charge in [-0.3, -0.25) is 4.98 Å². The molecule has 0 aliphatic heterocycles. The Labute approximate surface area is 124 Å². The first-order valence-corrected chi connectivity index (χ1v) is 7.04. The monoisotopic (exact) mass is 290 g/mol. The molecule has 106 valence electrons. The van der Waals surface area contributed by atoms with Crippen LogP contribution in [0.3, 0.4) is 0 Å². The van der Waals surface area contributed by atoms with E-state index in [-0.39, 0.29) is 0 Å². The second kappa shape index (κ2) is 6.73. The number of rotatable bonds is 5. The maximum absolute atomic E-state index is 6.17. The summed E-state index contributed by atoms with van der Waals surface area (Å²) in [5, 5.41) is 3.94. The molecule has 20 heavy (non-hydrogen) atoms. The summed E-state index contributed by atoms with van der Waals surface area (Å²) in [7, 11) is 0. The second-order valence-electron chi connectivity index (χ2n) is 5.05. The number of hydrogen-bond acceptors (Lipinski definition) is 3. The lowest BCUT2D eigenvalue weighted by Gasteiger charge is -2.10. The van der Waals surface area contributed by atoms with Gasteiger partial charge in [-0.05, 0) is 30.7 Å². The van der Waals surface area contributed by atoms with E-state index in [1.807, 2.05) is 37.3 Å². The van der Waals surface area contributed by atoms with Crippen molar-refractivity contribution in [3.8, 4) is 11.5 Å². The highest BCUT2D eigenvalue weighted by molar-refractivity contribution is 6.32. The summed E-state index contributed by atoms with van der Waals surface area (Å²) in [6.45, 7) is 6.92. The maximum atomic E-state index is 6.17. The fourth-order valence-corrected chi connectivity index (χ4v) is 2.01. The van der Waals surface area contributed by atoms with Crippen LogP contribution in [0.4, 0.5) is 0 Å². The fourth-order valence-electron chi connectivity index (χ4n) is 1.74. The van der Waals surface area contributed by atoms with Crippen molar-refractivity contribution < 1.29 is 4.74 Å². The first kappa shape index (κ1) is 14.8. The Hall–Kier alpha value is -1.58. The Balaban J connectivity index is 2.11. The number of benzene rings is 1. The Morgan fingerprint density at radius 3 is 2.75 bits per heavy atom. The third-order valence-corrected chi connectivity index (χ3v) is 3.09. The third-order valence-electron chi connectivity index (χ3n) is 2.79. The number of halogens is 1. The fraction of sp³-hybridized carbons (Fsp3) is 0.312. The van der Waals surface area contributed by atoms with Crippen LogP contribution in [0.5, 0.6) is 11.5 Å². The van der Waals surface area contributed by atoms with Gasteiger partial charge in [0.2, 0.25) is 0 Å². The molecule has 2 aromatic rings. The van der Waals surface area contributed by atoms with Crippen LogP contribution in [0.2, 0.25) is 5.02 Å². The minimum atomic E-state index is 0.424. The molecule has 1 N–H and O–H groups in total. The van der Waals surface area contributed by atoms with Crippen LogP contribution in [-0.4, -0.2) is 11.0 Å². The highest BCUT2D eigenvalue weighted by atomic mass is 35.5. The van der Waals surface area contributed by atoms with E-state index in [1.165, 1.54) is 0 Å². The van der Waals surface area contributed by atoms with E-state index < -0.39 is 0 Å². The summed E-state index contributed by atoms with van der Waals surface area (Å²) in [5.41, 5.74) is 2.05. The van der Waals surface area contributed by atoms with E-state index >= 15 is 0 Å². The molecule has 0 saturated heterocycles. The molecule has 1 aromatic carbocycles. The molecular formula is C16H19ClN2O. The van der Waals surface area contributed by atoms with Crippen LogP contribution in [0.25, 0.3) is 0 Å². The van der Waals surface area contributed by atoms with Crippen LogP contribution in [-0.2, 0) is 6.54 Å². The zero-order chi connectivity index (χ0) is 14.5. The van der Waals surface area contributed by atoms with E-state index in [9.17, 15) is 0 Å². The highest BCUT2D eigenvalue weighted by Crippen LogP contribution is 2.29. The molecule has 0 fully saturated rings. The predicted molar refractivity (Wildman–Crippen MR) is 82.5 cm³/mol. The Morgan fingerprint density at radius 2 is 2.05 bits per heavy atom. The predicted octanol–water partition coefficient (Wildman–Crippen LogP) is 4.33. The molecule has 0 spiro atoms. The second-order valence-corrected chi connectivity index (χ2v) is 5.46. The lowest BCUT2D eigenvalue weighted by Crippen LogP contribution is -2.22. The summed E-state index contributed by atoms with van der Waals surface area (Å²) < 4.78 is 5.81. The standard InChI is InChI=1S/C16H19ClN2O/c1-11(2)19-10-13-9-14(6-7-18-13)20-16-5-4-12(3)8-15(16)17/h4-9,11,19H,10H2,1-3H3. The number of hydrogen-bond donors (Lipinski definition) is 1. The van der Waals surface area contributed by atoms with Crippen molar-refractivity contribution in [2.75, 3.05) is 0 Å². The molecule has 2 rings (SSSR count). The molecule has 0 unspecified atom stereocenters. The summed E-state index contributed by atoms with van der Waals surface area (Å²) in [4.78, 5) is 4.31. The van der Waals surface area contributed by atoms with Gasteiger partial charge in [-0.2, -0.15) is 0 Å². The van der Waals surface area contributed by atoms with Crippen LogP contribution >= 0.6 is 11.6 Å².